The van der Waals surface area contributed by atoms with E-state index in [9.17, 15) is 12.8 Å². The number of nitrogens with zero attached hydrogens (tertiary/aromatic N) is 1. The minimum atomic E-state index is -3.75. The highest BCUT2D eigenvalue weighted by Gasteiger charge is 2.28. The summed E-state index contributed by atoms with van der Waals surface area (Å²) in [6.45, 7) is 4.40. The van der Waals surface area contributed by atoms with E-state index in [0.29, 0.717) is 19.0 Å². The Morgan fingerprint density at radius 2 is 2.15 bits per heavy atom. The fourth-order valence-electron chi connectivity index (χ4n) is 2.56. The molecule has 1 fully saturated rings. The quantitative estimate of drug-likeness (QED) is 0.902. The van der Waals surface area contributed by atoms with Gasteiger partial charge in [-0.2, -0.15) is 4.31 Å². The summed E-state index contributed by atoms with van der Waals surface area (Å²) in [6.07, 6.45) is 2.07. The number of hydrogen-bond acceptors (Lipinski definition) is 3. The predicted octanol–water partition coefficient (Wildman–Crippen LogP) is 1.84. The summed E-state index contributed by atoms with van der Waals surface area (Å²) < 4.78 is 40.2. The highest BCUT2D eigenvalue weighted by atomic mass is 32.2. The molecule has 0 amide bonds. The van der Waals surface area contributed by atoms with Crippen LogP contribution in [0.1, 0.15) is 19.8 Å². The van der Waals surface area contributed by atoms with Gasteiger partial charge in [0, 0.05) is 13.1 Å². The van der Waals surface area contributed by atoms with Crippen LogP contribution < -0.4 is 5.32 Å². The first kappa shape index (κ1) is 15.4. The van der Waals surface area contributed by atoms with Crippen molar-refractivity contribution < 1.29 is 12.8 Å². The van der Waals surface area contributed by atoms with Crippen LogP contribution in [-0.2, 0) is 10.0 Å². The lowest BCUT2D eigenvalue weighted by atomic mass is 10.00. The van der Waals surface area contributed by atoms with Crippen molar-refractivity contribution in [2.45, 2.75) is 24.7 Å². The molecule has 0 radical (unpaired) electrons. The summed E-state index contributed by atoms with van der Waals surface area (Å²) in [5.41, 5.74) is 0. The van der Waals surface area contributed by atoms with Gasteiger partial charge in [0.2, 0.25) is 10.0 Å². The van der Waals surface area contributed by atoms with Crippen LogP contribution in [0.25, 0.3) is 0 Å². The molecule has 1 aliphatic heterocycles. The van der Waals surface area contributed by atoms with Gasteiger partial charge in [-0.05, 0) is 44.0 Å². The molecule has 1 saturated heterocycles. The molecule has 0 saturated carbocycles. The lowest BCUT2D eigenvalue weighted by molar-refractivity contribution is 0.297. The third-order valence-electron chi connectivity index (χ3n) is 3.67. The van der Waals surface area contributed by atoms with E-state index in [0.717, 1.165) is 25.9 Å². The van der Waals surface area contributed by atoms with Crippen molar-refractivity contribution in [3.63, 3.8) is 0 Å². The lowest BCUT2D eigenvalue weighted by Crippen LogP contribution is -2.41. The van der Waals surface area contributed by atoms with Crippen molar-refractivity contribution in [2.24, 2.45) is 5.92 Å². The topological polar surface area (TPSA) is 49.4 Å². The summed E-state index contributed by atoms with van der Waals surface area (Å²) >= 11 is 0. The van der Waals surface area contributed by atoms with Crippen LogP contribution in [0.15, 0.2) is 29.2 Å². The number of benzene rings is 1. The second-order valence-corrected chi connectivity index (χ2v) is 7.00. The molecule has 1 unspecified atom stereocenters. The van der Waals surface area contributed by atoms with Gasteiger partial charge in [-0.3, -0.25) is 0 Å². The molecular formula is C14H21FN2O2S. The van der Waals surface area contributed by atoms with E-state index >= 15 is 0 Å². The molecule has 1 aromatic rings. The molecule has 6 heteroatoms. The zero-order valence-corrected chi connectivity index (χ0v) is 12.5. The predicted molar refractivity (Wildman–Crippen MR) is 76.4 cm³/mol. The van der Waals surface area contributed by atoms with Crippen molar-refractivity contribution >= 4 is 10.0 Å². The van der Waals surface area contributed by atoms with E-state index in [2.05, 4.69) is 5.32 Å². The van der Waals surface area contributed by atoms with E-state index in [4.69, 9.17) is 0 Å². The Labute approximate surface area is 120 Å². The Morgan fingerprint density at radius 3 is 2.75 bits per heavy atom. The number of sulfonamides is 1. The number of nitrogens with one attached hydrogen (secondary N) is 1. The Kier molecular flexibility index (Phi) is 5.12. The number of hydrogen-bond donors (Lipinski definition) is 1. The van der Waals surface area contributed by atoms with Crippen LogP contribution in [0.5, 0.6) is 0 Å². The number of halogens is 1. The molecule has 0 aromatic heterocycles. The maximum absolute atomic E-state index is 13.7. The van der Waals surface area contributed by atoms with E-state index in [-0.39, 0.29) is 4.90 Å². The summed E-state index contributed by atoms with van der Waals surface area (Å²) in [5.74, 6) is -0.391. The van der Waals surface area contributed by atoms with Crippen molar-refractivity contribution in [3.8, 4) is 0 Å². The Bertz CT molecular complexity index is 542. The van der Waals surface area contributed by atoms with Gasteiger partial charge in [-0.1, -0.05) is 19.1 Å². The van der Waals surface area contributed by atoms with Crippen LogP contribution in [0.2, 0.25) is 0 Å². The fourth-order valence-corrected chi connectivity index (χ4v) is 4.15. The average Bonchev–Trinajstić information content (AvgIpc) is 2.46. The normalized spacial score (nSPS) is 20.2. The maximum atomic E-state index is 13.7. The summed E-state index contributed by atoms with van der Waals surface area (Å²) in [5, 5.41) is 3.27. The second kappa shape index (κ2) is 6.65. The van der Waals surface area contributed by atoms with Crippen LogP contribution in [0, 0.1) is 11.7 Å². The van der Waals surface area contributed by atoms with Crippen molar-refractivity contribution in [1.82, 2.24) is 9.62 Å². The lowest BCUT2D eigenvalue weighted by Gasteiger charge is -2.29. The molecule has 0 bridgehead atoms. The fraction of sp³-hybridized carbons (Fsp3) is 0.571. The number of rotatable bonds is 5. The van der Waals surface area contributed by atoms with Gasteiger partial charge < -0.3 is 5.32 Å². The molecule has 1 aliphatic rings. The average molecular weight is 300 g/mol. The highest BCUT2D eigenvalue weighted by molar-refractivity contribution is 7.89. The number of piperidine rings is 1. The molecule has 1 aromatic carbocycles. The molecule has 0 aliphatic carbocycles. The maximum Gasteiger partial charge on any atom is 0.245 e. The molecular weight excluding hydrogens is 279 g/mol. The van der Waals surface area contributed by atoms with Gasteiger partial charge in [0.25, 0.3) is 0 Å². The Hall–Kier alpha value is -0.980. The van der Waals surface area contributed by atoms with Gasteiger partial charge in [-0.15, -0.1) is 0 Å². The van der Waals surface area contributed by atoms with Gasteiger partial charge in [0.1, 0.15) is 10.7 Å². The molecule has 4 nitrogen and oxygen atoms in total. The first-order chi connectivity index (χ1) is 9.55. The molecule has 0 spiro atoms. The third-order valence-corrected chi connectivity index (χ3v) is 5.64. The van der Waals surface area contributed by atoms with Crippen LogP contribution in [0.4, 0.5) is 4.39 Å². The van der Waals surface area contributed by atoms with Gasteiger partial charge in [-0.25, -0.2) is 12.8 Å². The largest absolute Gasteiger partial charge is 0.316 e. The van der Waals surface area contributed by atoms with Crippen molar-refractivity contribution in [1.29, 1.82) is 0 Å². The summed E-state index contributed by atoms with van der Waals surface area (Å²) in [6, 6.07) is 5.55. The van der Waals surface area contributed by atoms with Crippen LogP contribution >= 0.6 is 0 Å². The Balaban J connectivity index is 2.19. The van der Waals surface area contributed by atoms with Gasteiger partial charge >= 0.3 is 0 Å². The minimum Gasteiger partial charge on any atom is -0.316 e. The van der Waals surface area contributed by atoms with Crippen molar-refractivity contribution in [3.05, 3.63) is 30.1 Å². The van der Waals surface area contributed by atoms with Gasteiger partial charge in [0.05, 0.1) is 0 Å². The molecule has 1 atom stereocenters. The first-order valence-corrected chi connectivity index (χ1v) is 8.45. The second-order valence-electron chi connectivity index (χ2n) is 5.10. The van der Waals surface area contributed by atoms with Crippen LogP contribution in [0.3, 0.4) is 0 Å². The minimum absolute atomic E-state index is 0.231. The van der Waals surface area contributed by atoms with E-state index in [1.165, 1.54) is 22.5 Å². The molecule has 1 heterocycles. The molecule has 20 heavy (non-hydrogen) atoms. The third kappa shape index (κ3) is 3.37. The van der Waals surface area contributed by atoms with Crippen LogP contribution in [-0.4, -0.2) is 38.9 Å². The molecule has 112 valence electrons. The highest BCUT2D eigenvalue weighted by Crippen LogP contribution is 2.21. The van der Waals surface area contributed by atoms with E-state index in [1.807, 2.05) is 0 Å². The zero-order chi connectivity index (χ0) is 14.6. The zero-order valence-electron chi connectivity index (χ0n) is 11.7. The summed E-state index contributed by atoms with van der Waals surface area (Å²) in [4.78, 5) is -0.231. The summed E-state index contributed by atoms with van der Waals surface area (Å²) in [7, 11) is -3.75. The first-order valence-electron chi connectivity index (χ1n) is 7.01. The molecule has 1 N–H and O–H groups in total. The van der Waals surface area contributed by atoms with E-state index in [1.54, 1.807) is 13.0 Å². The standard InChI is InChI=1S/C14H21FN2O2S/c1-2-17(11-12-6-5-9-16-10-12)20(18,19)14-8-4-3-7-13(14)15/h3-4,7-8,12,16H,2,5-6,9-11H2,1H3. The van der Waals surface area contributed by atoms with Crippen molar-refractivity contribution in [2.75, 3.05) is 26.2 Å². The van der Waals surface area contributed by atoms with Gasteiger partial charge in [0.15, 0.2) is 0 Å². The monoisotopic (exact) mass is 300 g/mol. The smallest absolute Gasteiger partial charge is 0.245 e. The molecule has 2 rings (SSSR count). The Morgan fingerprint density at radius 1 is 1.40 bits per heavy atom. The SMILES string of the molecule is CCN(CC1CCCNC1)S(=O)(=O)c1ccccc1F. The van der Waals surface area contributed by atoms with E-state index < -0.39 is 15.8 Å².